The lowest BCUT2D eigenvalue weighted by molar-refractivity contribution is -0.174. The van der Waals surface area contributed by atoms with Crippen LogP contribution in [0.2, 0.25) is 0 Å². The van der Waals surface area contributed by atoms with Gasteiger partial charge in [0.1, 0.15) is 0 Å². The van der Waals surface area contributed by atoms with Gasteiger partial charge in [-0.15, -0.1) is 0 Å². The van der Waals surface area contributed by atoms with Crippen molar-refractivity contribution in [1.82, 2.24) is 0 Å². The second kappa shape index (κ2) is 12.1. The van der Waals surface area contributed by atoms with E-state index in [0.717, 1.165) is 23.1 Å². The molecule has 0 aliphatic heterocycles. The van der Waals surface area contributed by atoms with Gasteiger partial charge in [0.25, 0.3) is 6.29 Å². The number of ether oxygens (including phenoxy) is 2. The number of esters is 1. The van der Waals surface area contributed by atoms with Gasteiger partial charge < -0.3 is 9.47 Å². The molecule has 1 saturated carbocycles. The van der Waals surface area contributed by atoms with Crippen LogP contribution in [0.1, 0.15) is 85.3 Å². The van der Waals surface area contributed by atoms with Crippen LogP contribution in [0, 0.1) is 25.7 Å². The normalized spacial score (nSPS) is 17.2. The summed E-state index contributed by atoms with van der Waals surface area (Å²) in [6.07, 6.45) is 5.94. The minimum absolute atomic E-state index is 0.0351. The molecule has 0 saturated heterocycles. The van der Waals surface area contributed by atoms with Crippen LogP contribution >= 0.6 is 0 Å². The fourth-order valence-corrected chi connectivity index (χ4v) is 4.66. The van der Waals surface area contributed by atoms with Crippen molar-refractivity contribution in [3.05, 3.63) is 70.8 Å². The minimum Gasteiger partial charge on any atom is -0.427 e. The summed E-state index contributed by atoms with van der Waals surface area (Å²) in [4.78, 5) is 26.2. The van der Waals surface area contributed by atoms with E-state index >= 15 is 0 Å². The number of benzene rings is 2. The maximum atomic E-state index is 13.1. The zero-order valence-corrected chi connectivity index (χ0v) is 20.5. The SMILES string of the molecule is Cc1ccc(C)c(C(C)C(C)C(=O)OC(OCCC2CCCCC2)C(=O)c2ccccc2)c1. The molecular weight excluding hydrogens is 412 g/mol. The van der Waals surface area contributed by atoms with Gasteiger partial charge in [-0.2, -0.15) is 0 Å². The molecule has 0 radical (unpaired) electrons. The van der Waals surface area contributed by atoms with Gasteiger partial charge in [0, 0.05) is 5.56 Å². The molecule has 1 aliphatic carbocycles. The second-order valence-corrected chi connectivity index (χ2v) is 9.60. The van der Waals surface area contributed by atoms with Crippen LogP contribution in [0.4, 0.5) is 0 Å². The Kier molecular flexibility index (Phi) is 9.25. The van der Waals surface area contributed by atoms with Gasteiger partial charge in [0.2, 0.25) is 5.78 Å². The fraction of sp³-hybridized carbons (Fsp3) is 0.517. The van der Waals surface area contributed by atoms with Crippen LogP contribution in [-0.4, -0.2) is 24.6 Å². The van der Waals surface area contributed by atoms with Gasteiger partial charge in [0.15, 0.2) is 0 Å². The zero-order valence-electron chi connectivity index (χ0n) is 20.5. The zero-order chi connectivity index (χ0) is 23.8. The highest BCUT2D eigenvalue weighted by molar-refractivity contribution is 5.99. The van der Waals surface area contributed by atoms with Crippen LogP contribution in [0.5, 0.6) is 0 Å². The number of carbonyl (C=O) groups is 2. The summed E-state index contributed by atoms with van der Waals surface area (Å²) in [6, 6.07) is 15.2. The number of ketones is 1. The van der Waals surface area contributed by atoms with Crippen LogP contribution < -0.4 is 0 Å². The molecule has 4 heteroatoms. The van der Waals surface area contributed by atoms with Crippen LogP contribution in [0.3, 0.4) is 0 Å². The highest BCUT2D eigenvalue weighted by atomic mass is 16.7. The maximum Gasteiger partial charge on any atom is 0.311 e. The molecule has 1 fully saturated rings. The van der Waals surface area contributed by atoms with E-state index in [1.165, 1.54) is 32.1 Å². The van der Waals surface area contributed by atoms with Gasteiger partial charge in [-0.25, -0.2) is 0 Å². The first-order valence-corrected chi connectivity index (χ1v) is 12.3. The molecule has 33 heavy (non-hydrogen) atoms. The number of carbonyl (C=O) groups excluding carboxylic acids is 2. The number of rotatable bonds is 10. The number of Topliss-reactive ketones (excluding diaryl/α,β-unsaturated/α-hetero) is 1. The summed E-state index contributed by atoms with van der Waals surface area (Å²) in [5, 5.41) is 0. The molecule has 1 aliphatic rings. The predicted molar refractivity (Wildman–Crippen MR) is 131 cm³/mol. The van der Waals surface area contributed by atoms with E-state index in [4.69, 9.17) is 9.47 Å². The fourth-order valence-electron chi connectivity index (χ4n) is 4.66. The number of hydrogen-bond acceptors (Lipinski definition) is 4. The third-order valence-corrected chi connectivity index (χ3v) is 7.06. The van der Waals surface area contributed by atoms with Gasteiger partial charge in [-0.3, -0.25) is 9.59 Å². The number of hydrogen-bond donors (Lipinski definition) is 0. The van der Waals surface area contributed by atoms with Crippen molar-refractivity contribution in [3.8, 4) is 0 Å². The van der Waals surface area contributed by atoms with Crippen molar-refractivity contribution in [3.63, 3.8) is 0 Å². The molecule has 0 aromatic heterocycles. The lowest BCUT2D eigenvalue weighted by atomic mass is 9.85. The third kappa shape index (κ3) is 7.01. The Bertz CT molecular complexity index is 914. The third-order valence-electron chi connectivity index (χ3n) is 7.06. The van der Waals surface area contributed by atoms with Crippen LogP contribution in [-0.2, 0) is 14.3 Å². The van der Waals surface area contributed by atoms with Gasteiger partial charge in [0.05, 0.1) is 12.5 Å². The topological polar surface area (TPSA) is 52.6 Å². The van der Waals surface area contributed by atoms with Crippen LogP contribution in [0.15, 0.2) is 48.5 Å². The Morgan fingerprint density at radius 1 is 0.970 bits per heavy atom. The number of aryl methyl sites for hydroxylation is 2. The molecule has 0 N–H and O–H groups in total. The Morgan fingerprint density at radius 2 is 1.67 bits per heavy atom. The first-order chi connectivity index (χ1) is 15.9. The second-order valence-electron chi connectivity index (χ2n) is 9.60. The smallest absolute Gasteiger partial charge is 0.311 e. The lowest BCUT2D eigenvalue weighted by Gasteiger charge is -2.25. The van der Waals surface area contributed by atoms with E-state index in [1.807, 2.05) is 26.8 Å². The van der Waals surface area contributed by atoms with Crippen LogP contribution in [0.25, 0.3) is 0 Å². The molecule has 2 aromatic carbocycles. The van der Waals surface area contributed by atoms with Crippen molar-refractivity contribution in [2.45, 2.75) is 78.4 Å². The minimum atomic E-state index is -1.21. The monoisotopic (exact) mass is 450 g/mol. The molecule has 2 aromatic rings. The Balaban J connectivity index is 1.68. The summed E-state index contributed by atoms with van der Waals surface area (Å²) >= 11 is 0. The quantitative estimate of drug-likeness (QED) is 0.227. The maximum absolute atomic E-state index is 13.1. The molecular formula is C29H38O4. The summed E-state index contributed by atoms with van der Waals surface area (Å²) in [7, 11) is 0. The van der Waals surface area contributed by atoms with Crippen molar-refractivity contribution in [2.24, 2.45) is 11.8 Å². The summed E-state index contributed by atoms with van der Waals surface area (Å²) in [6.45, 7) is 8.42. The Morgan fingerprint density at radius 3 is 2.36 bits per heavy atom. The van der Waals surface area contributed by atoms with E-state index in [0.29, 0.717) is 18.1 Å². The molecule has 0 heterocycles. The average Bonchev–Trinajstić information content (AvgIpc) is 2.84. The first-order valence-electron chi connectivity index (χ1n) is 12.3. The molecule has 3 unspecified atom stereocenters. The Hall–Kier alpha value is -2.46. The van der Waals surface area contributed by atoms with E-state index in [1.54, 1.807) is 24.3 Å². The predicted octanol–water partition coefficient (Wildman–Crippen LogP) is 6.78. The molecule has 3 rings (SSSR count). The summed E-state index contributed by atoms with van der Waals surface area (Å²) in [5.74, 6) is -0.523. The van der Waals surface area contributed by atoms with Gasteiger partial charge in [-0.1, -0.05) is 100 Å². The van der Waals surface area contributed by atoms with E-state index in [-0.39, 0.29) is 11.7 Å². The summed E-state index contributed by atoms with van der Waals surface area (Å²) < 4.78 is 11.6. The van der Waals surface area contributed by atoms with E-state index in [9.17, 15) is 9.59 Å². The molecule has 178 valence electrons. The molecule has 0 spiro atoms. The molecule has 3 atom stereocenters. The Labute approximate surface area is 198 Å². The van der Waals surface area contributed by atoms with Crippen molar-refractivity contribution >= 4 is 11.8 Å². The van der Waals surface area contributed by atoms with Gasteiger partial charge >= 0.3 is 5.97 Å². The standard InChI is InChI=1S/C29H38O4/c1-20-15-16-21(2)26(19-20)22(3)23(4)28(31)33-29(27(30)25-13-9-6-10-14-25)32-18-17-24-11-7-5-8-12-24/h6,9-10,13-16,19,22-24,29H,5,7-8,11-12,17-18H2,1-4H3. The lowest BCUT2D eigenvalue weighted by Crippen LogP contribution is -2.34. The summed E-state index contributed by atoms with van der Waals surface area (Å²) in [5.41, 5.74) is 3.92. The largest absolute Gasteiger partial charge is 0.427 e. The van der Waals surface area contributed by atoms with Gasteiger partial charge in [-0.05, 0) is 43.2 Å². The van der Waals surface area contributed by atoms with Crippen molar-refractivity contribution < 1.29 is 19.1 Å². The molecule has 4 nitrogen and oxygen atoms in total. The van der Waals surface area contributed by atoms with Crippen molar-refractivity contribution in [1.29, 1.82) is 0 Å². The average molecular weight is 451 g/mol. The van der Waals surface area contributed by atoms with E-state index in [2.05, 4.69) is 25.1 Å². The van der Waals surface area contributed by atoms with E-state index < -0.39 is 18.2 Å². The molecule has 0 bridgehead atoms. The highest BCUT2D eigenvalue weighted by Gasteiger charge is 2.31. The molecule has 0 amide bonds. The highest BCUT2D eigenvalue weighted by Crippen LogP contribution is 2.30. The first kappa shape index (κ1) is 25.2. The van der Waals surface area contributed by atoms with Crippen molar-refractivity contribution in [2.75, 3.05) is 6.61 Å².